The van der Waals surface area contributed by atoms with Crippen molar-refractivity contribution in [3.05, 3.63) is 0 Å². The van der Waals surface area contributed by atoms with Crippen molar-refractivity contribution < 1.29 is 9.59 Å². The Morgan fingerprint density at radius 3 is 2.43 bits per heavy atom. The molecule has 2 N–H and O–H groups in total. The van der Waals surface area contributed by atoms with Crippen LogP contribution in [0.15, 0.2) is 0 Å². The molecule has 1 aliphatic carbocycles. The van der Waals surface area contributed by atoms with Gasteiger partial charge in [0, 0.05) is 32.1 Å². The van der Waals surface area contributed by atoms with Gasteiger partial charge in [-0.3, -0.25) is 9.59 Å². The fraction of sp³-hybridized carbons (Fsp3) is 0.889. The molecule has 1 saturated carbocycles. The number of nitrogens with one attached hydrogen (secondary N) is 2. The monoisotopic (exact) mass is 323 g/mol. The average Bonchev–Trinajstić information content (AvgIpc) is 2.80. The molecule has 132 valence electrons. The van der Waals surface area contributed by atoms with Crippen LogP contribution in [0.3, 0.4) is 0 Å². The van der Waals surface area contributed by atoms with E-state index in [0.717, 1.165) is 38.8 Å². The van der Waals surface area contributed by atoms with Gasteiger partial charge in [-0.25, -0.2) is 0 Å². The molecule has 1 saturated heterocycles. The molecule has 1 heterocycles. The first-order valence-electron chi connectivity index (χ1n) is 9.53. The Morgan fingerprint density at radius 1 is 0.957 bits per heavy atom. The van der Waals surface area contributed by atoms with Crippen LogP contribution in [0.25, 0.3) is 0 Å². The summed E-state index contributed by atoms with van der Waals surface area (Å²) in [6.07, 6.45) is 12.8. The predicted molar refractivity (Wildman–Crippen MR) is 92.2 cm³/mol. The van der Waals surface area contributed by atoms with Gasteiger partial charge in [-0.15, -0.1) is 0 Å². The van der Waals surface area contributed by atoms with Crippen LogP contribution >= 0.6 is 0 Å². The normalized spacial score (nSPS) is 21.4. The number of hydrogen-bond acceptors (Lipinski definition) is 3. The maximum absolute atomic E-state index is 12.0. The van der Waals surface area contributed by atoms with Gasteiger partial charge in [0.15, 0.2) is 0 Å². The lowest BCUT2D eigenvalue weighted by atomic mass is 10.1. The molecule has 0 aromatic rings. The Kier molecular flexibility index (Phi) is 8.43. The zero-order chi connectivity index (χ0) is 16.3. The molecule has 1 aliphatic heterocycles. The molecule has 0 atom stereocenters. The maximum Gasteiger partial charge on any atom is 0.239 e. The van der Waals surface area contributed by atoms with Crippen LogP contribution in [0.1, 0.15) is 70.6 Å². The number of nitrogens with zero attached hydrogens (tertiary/aromatic N) is 1. The van der Waals surface area contributed by atoms with Gasteiger partial charge < -0.3 is 15.5 Å². The summed E-state index contributed by atoms with van der Waals surface area (Å²) in [6, 6.07) is 0.616. The first-order chi connectivity index (χ1) is 11.3. The molecule has 0 unspecified atom stereocenters. The van der Waals surface area contributed by atoms with Gasteiger partial charge in [-0.1, -0.05) is 38.5 Å². The van der Waals surface area contributed by atoms with E-state index in [9.17, 15) is 9.59 Å². The van der Waals surface area contributed by atoms with Crippen LogP contribution < -0.4 is 10.6 Å². The van der Waals surface area contributed by atoms with E-state index in [-0.39, 0.29) is 18.4 Å². The zero-order valence-electron chi connectivity index (χ0n) is 14.4. The Morgan fingerprint density at radius 2 is 1.65 bits per heavy atom. The molecule has 2 amide bonds. The van der Waals surface area contributed by atoms with Gasteiger partial charge in [0.05, 0.1) is 6.54 Å². The average molecular weight is 323 g/mol. The minimum absolute atomic E-state index is 0.0263. The van der Waals surface area contributed by atoms with Crippen molar-refractivity contribution in [3.63, 3.8) is 0 Å². The van der Waals surface area contributed by atoms with Crippen molar-refractivity contribution in [2.24, 2.45) is 0 Å². The van der Waals surface area contributed by atoms with Gasteiger partial charge >= 0.3 is 0 Å². The standard InChI is InChI=1S/C18H33N3O2/c22-17(15-21-14-8-4-3-7-11-18(21)23)20-13-12-19-16-9-5-1-2-6-10-16/h16,19H,1-15H2,(H,20,22). The summed E-state index contributed by atoms with van der Waals surface area (Å²) < 4.78 is 0. The van der Waals surface area contributed by atoms with E-state index < -0.39 is 0 Å². The van der Waals surface area contributed by atoms with Crippen molar-refractivity contribution >= 4 is 11.8 Å². The zero-order valence-corrected chi connectivity index (χ0v) is 14.4. The van der Waals surface area contributed by atoms with Gasteiger partial charge in [0.1, 0.15) is 0 Å². The Hall–Kier alpha value is -1.10. The smallest absolute Gasteiger partial charge is 0.239 e. The Labute approximate surface area is 140 Å². The number of amides is 2. The Bertz CT molecular complexity index is 365. The number of carbonyl (C=O) groups excluding carboxylic acids is 2. The Balaban J connectivity index is 1.59. The van der Waals surface area contributed by atoms with Gasteiger partial charge in [-0.05, 0) is 25.7 Å². The van der Waals surface area contributed by atoms with Crippen molar-refractivity contribution in [2.75, 3.05) is 26.2 Å². The van der Waals surface area contributed by atoms with Crippen LogP contribution in [0.2, 0.25) is 0 Å². The number of rotatable bonds is 6. The highest BCUT2D eigenvalue weighted by Crippen LogP contribution is 2.16. The van der Waals surface area contributed by atoms with E-state index in [1.807, 2.05) is 0 Å². The minimum atomic E-state index is -0.0263. The van der Waals surface area contributed by atoms with Gasteiger partial charge in [0.2, 0.25) is 11.8 Å². The summed E-state index contributed by atoms with van der Waals surface area (Å²) in [5.74, 6) is 0.109. The fourth-order valence-electron chi connectivity index (χ4n) is 3.57. The predicted octanol–water partition coefficient (Wildman–Crippen LogP) is 2.21. The number of likely N-dealkylation sites (tertiary alicyclic amines) is 1. The van der Waals surface area contributed by atoms with Crippen molar-refractivity contribution in [1.82, 2.24) is 15.5 Å². The molecular weight excluding hydrogens is 290 g/mol. The highest BCUT2D eigenvalue weighted by Gasteiger charge is 2.18. The SMILES string of the molecule is O=C(CN1CCCCCCC1=O)NCCNC1CCCCCC1. The minimum Gasteiger partial charge on any atom is -0.353 e. The molecule has 2 fully saturated rings. The summed E-state index contributed by atoms with van der Waals surface area (Å²) in [6.45, 7) is 2.43. The molecule has 2 aliphatic rings. The summed E-state index contributed by atoms with van der Waals surface area (Å²) in [5.41, 5.74) is 0. The second-order valence-corrected chi connectivity index (χ2v) is 6.97. The van der Waals surface area contributed by atoms with E-state index in [4.69, 9.17) is 0 Å². The lowest BCUT2D eigenvalue weighted by Crippen LogP contribution is -2.43. The van der Waals surface area contributed by atoms with Crippen LogP contribution in [0.5, 0.6) is 0 Å². The van der Waals surface area contributed by atoms with Crippen LogP contribution in [-0.2, 0) is 9.59 Å². The summed E-state index contributed by atoms with van der Waals surface area (Å²) in [7, 11) is 0. The molecule has 2 rings (SSSR count). The van der Waals surface area contributed by atoms with E-state index in [0.29, 0.717) is 19.0 Å². The molecule has 23 heavy (non-hydrogen) atoms. The van der Waals surface area contributed by atoms with Crippen molar-refractivity contribution in [2.45, 2.75) is 76.7 Å². The van der Waals surface area contributed by atoms with Gasteiger partial charge in [-0.2, -0.15) is 0 Å². The second kappa shape index (κ2) is 10.6. The third-order valence-corrected chi connectivity index (χ3v) is 4.99. The molecule has 0 spiro atoms. The molecule has 0 bridgehead atoms. The lowest BCUT2D eigenvalue weighted by Gasteiger charge is -2.24. The highest BCUT2D eigenvalue weighted by atomic mass is 16.2. The molecule has 0 aromatic carbocycles. The molecule has 5 nitrogen and oxygen atoms in total. The summed E-state index contributed by atoms with van der Waals surface area (Å²) in [4.78, 5) is 25.8. The molecular formula is C18H33N3O2. The van der Waals surface area contributed by atoms with E-state index >= 15 is 0 Å². The van der Waals surface area contributed by atoms with E-state index in [1.54, 1.807) is 4.90 Å². The first kappa shape index (κ1) is 18.2. The third kappa shape index (κ3) is 7.34. The topological polar surface area (TPSA) is 61.4 Å². The van der Waals surface area contributed by atoms with Crippen molar-refractivity contribution in [1.29, 1.82) is 0 Å². The molecule has 0 aromatic heterocycles. The molecule has 5 heteroatoms. The highest BCUT2D eigenvalue weighted by molar-refractivity contribution is 5.84. The quantitative estimate of drug-likeness (QED) is 0.582. The first-order valence-corrected chi connectivity index (χ1v) is 9.53. The summed E-state index contributed by atoms with van der Waals surface area (Å²) in [5, 5.41) is 6.50. The van der Waals surface area contributed by atoms with Crippen LogP contribution in [0.4, 0.5) is 0 Å². The summed E-state index contributed by atoms with van der Waals surface area (Å²) >= 11 is 0. The van der Waals surface area contributed by atoms with Crippen molar-refractivity contribution in [3.8, 4) is 0 Å². The molecule has 0 radical (unpaired) electrons. The van der Waals surface area contributed by atoms with E-state index in [1.165, 1.54) is 38.5 Å². The largest absolute Gasteiger partial charge is 0.353 e. The lowest BCUT2D eigenvalue weighted by molar-refractivity contribution is -0.136. The van der Waals surface area contributed by atoms with E-state index in [2.05, 4.69) is 10.6 Å². The maximum atomic E-state index is 12.0. The van der Waals surface area contributed by atoms with Crippen LogP contribution in [0, 0.1) is 0 Å². The second-order valence-electron chi connectivity index (χ2n) is 6.97. The van der Waals surface area contributed by atoms with Gasteiger partial charge in [0.25, 0.3) is 0 Å². The third-order valence-electron chi connectivity index (χ3n) is 4.99. The fourth-order valence-corrected chi connectivity index (χ4v) is 3.57. The number of hydrogen-bond donors (Lipinski definition) is 2. The van der Waals surface area contributed by atoms with Crippen LogP contribution in [-0.4, -0.2) is 48.9 Å². The number of carbonyl (C=O) groups is 2.